The maximum absolute atomic E-state index is 9.16. The van der Waals surface area contributed by atoms with Crippen molar-refractivity contribution in [2.75, 3.05) is 13.1 Å². The molecule has 0 aromatic heterocycles. The topological polar surface area (TPSA) is 35.8 Å². The molecular weight excluding hydrogens is 200 g/mol. The Labute approximate surface area is 97.5 Å². The molecule has 0 spiro atoms. The van der Waals surface area contributed by atoms with Crippen molar-refractivity contribution in [3.05, 3.63) is 0 Å². The van der Waals surface area contributed by atoms with Crippen LogP contribution in [0.15, 0.2) is 5.16 Å². The first-order chi connectivity index (χ1) is 7.90. The molecule has 3 atom stereocenters. The summed E-state index contributed by atoms with van der Waals surface area (Å²) in [4.78, 5) is 2.67. The van der Waals surface area contributed by atoms with E-state index in [0.717, 1.165) is 5.71 Å². The lowest BCUT2D eigenvalue weighted by Crippen LogP contribution is -2.47. The van der Waals surface area contributed by atoms with Gasteiger partial charge in [-0.1, -0.05) is 11.6 Å². The predicted molar refractivity (Wildman–Crippen MR) is 63.9 cm³/mol. The first-order valence-corrected chi connectivity index (χ1v) is 6.86. The van der Waals surface area contributed by atoms with Crippen LogP contribution >= 0.6 is 0 Å². The van der Waals surface area contributed by atoms with E-state index < -0.39 is 0 Å². The minimum absolute atomic E-state index is 0.571. The van der Waals surface area contributed by atoms with E-state index in [1.165, 1.54) is 58.0 Å². The summed E-state index contributed by atoms with van der Waals surface area (Å²) >= 11 is 0. The fraction of sp³-hybridized carbons (Fsp3) is 0.923. The van der Waals surface area contributed by atoms with Crippen molar-refractivity contribution in [3.8, 4) is 0 Å². The number of hydrogen-bond donors (Lipinski definition) is 1. The normalized spacial score (nSPS) is 42.8. The van der Waals surface area contributed by atoms with Gasteiger partial charge in [0.15, 0.2) is 0 Å². The highest BCUT2D eigenvalue weighted by atomic mass is 16.4. The average Bonchev–Trinajstić information content (AvgIpc) is 2.63. The average molecular weight is 222 g/mol. The Kier molecular flexibility index (Phi) is 2.88. The van der Waals surface area contributed by atoms with Crippen LogP contribution in [0.4, 0.5) is 0 Å². The van der Waals surface area contributed by atoms with Gasteiger partial charge in [-0.05, 0) is 51.6 Å². The van der Waals surface area contributed by atoms with E-state index in [1.807, 2.05) is 0 Å². The number of nitrogens with zero attached hydrogens (tertiary/aromatic N) is 2. The maximum Gasteiger partial charge on any atom is 0.0648 e. The van der Waals surface area contributed by atoms with Crippen LogP contribution in [0.5, 0.6) is 0 Å². The number of oxime groups is 1. The zero-order valence-electron chi connectivity index (χ0n) is 9.94. The minimum Gasteiger partial charge on any atom is -0.411 e. The van der Waals surface area contributed by atoms with Crippen LogP contribution in [0, 0.1) is 11.8 Å². The van der Waals surface area contributed by atoms with Gasteiger partial charge in [-0.2, -0.15) is 0 Å². The van der Waals surface area contributed by atoms with Crippen molar-refractivity contribution in [2.45, 2.75) is 51.0 Å². The van der Waals surface area contributed by atoms with Gasteiger partial charge in [-0.3, -0.25) is 4.90 Å². The summed E-state index contributed by atoms with van der Waals surface area (Å²) in [5.41, 5.74) is 1.13. The molecule has 3 aliphatic rings. The van der Waals surface area contributed by atoms with E-state index in [0.29, 0.717) is 17.9 Å². The largest absolute Gasteiger partial charge is 0.411 e. The molecular formula is C13H22N2O. The molecule has 0 amide bonds. The van der Waals surface area contributed by atoms with E-state index in [1.54, 1.807) is 0 Å². The van der Waals surface area contributed by atoms with Gasteiger partial charge < -0.3 is 5.21 Å². The van der Waals surface area contributed by atoms with Crippen molar-refractivity contribution in [1.29, 1.82) is 0 Å². The van der Waals surface area contributed by atoms with Gasteiger partial charge in [0.1, 0.15) is 0 Å². The molecule has 0 aromatic rings. The van der Waals surface area contributed by atoms with Crippen molar-refractivity contribution >= 4 is 5.71 Å². The highest BCUT2D eigenvalue weighted by Gasteiger charge is 2.44. The number of hydrogen-bond acceptors (Lipinski definition) is 3. The Balaban J connectivity index is 1.75. The van der Waals surface area contributed by atoms with E-state index in [9.17, 15) is 0 Å². The van der Waals surface area contributed by atoms with Gasteiger partial charge in [0.05, 0.1) is 5.71 Å². The van der Waals surface area contributed by atoms with Gasteiger partial charge in [-0.15, -0.1) is 0 Å². The summed E-state index contributed by atoms with van der Waals surface area (Å²) in [6.45, 7) is 2.54. The van der Waals surface area contributed by atoms with Gasteiger partial charge in [-0.25, -0.2) is 0 Å². The summed E-state index contributed by atoms with van der Waals surface area (Å²) in [7, 11) is 0. The number of piperidine rings is 1. The van der Waals surface area contributed by atoms with E-state index in [2.05, 4.69) is 10.1 Å². The third kappa shape index (κ3) is 1.65. The number of fused-ring (bicyclic) bond motifs is 2. The van der Waals surface area contributed by atoms with Crippen LogP contribution in [-0.4, -0.2) is 35.0 Å². The van der Waals surface area contributed by atoms with Crippen molar-refractivity contribution < 1.29 is 5.21 Å². The number of rotatable bonds is 1. The van der Waals surface area contributed by atoms with Crippen LogP contribution in [0.25, 0.3) is 0 Å². The lowest BCUT2D eigenvalue weighted by atomic mass is 9.81. The fourth-order valence-electron chi connectivity index (χ4n) is 4.08. The van der Waals surface area contributed by atoms with Gasteiger partial charge in [0, 0.05) is 17.9 Å². The first-order valence-electron chi connectivity index (χ1n) is 6.86. The third-order valence-electron chi connectivity index (χ3n) is 4.87. The Morgan fingerprint density at radius 1 is 1.00 bits per heavy atom. The minimum atomic E-state index is 0.571. The SMILES string of the molecule is ON=C1[C@@H]2CC[C@H]1[C@H](N1CCCCC1)CC2. The fourth-order valence-corrected chi connectivity index (χ4v) is 4.08. The van der Waals surface area contributed by atoms with E-state index in [-0.39, 0.29) is 0 Å². The summed E-state index contributed by atoms with van der Waals surface area (Å²) < 4.78 is 0. The smallest absolute Gasteiger partial charge is 0.0648 e. The molecule has 0 radical (unpaired) electrons. The van der Waals surface area contributed by atoms with Crippen molar-refractivity contribution in [1.82, 2.24) is 4.90 Å². The standard InChI is InChI=1S/C13H22N2O/c16-14-13-10-4-6-11(13)12(7-5-10)15-8-2-1-3-9-15/h10-12,16H,1-9H2/t10-,11+,12-/m1/s1. The van der Waals surface area contributed by atoms with E-state index in [4.69, 9.17) is 5.21 Å². The molecule has 3 rings (SSSR count). The molecule has 1 heterocycles. The summed E-state index contributed by atoms with van der Waals surface area (Å²) in [5, 5.41) is 12.8. The Morgan fingerprint density at radius 2 is 1.75 bits per heavy atom. The summed E-state index contributed by atoms with van der Waals surface area (Å²) in [6.07, 6.45) is 9.21. The molecule has 2 saturated carbocycles. The molecule has 1 N–H and O–H groups in total. The summed E-state index contributed by atoms with van der Waals surface area (Å²) in [5.74, 6) is 1.18. The van der Waals surface area contributed by atoms with Crippen molar-refractivity contribution in [3.63, 3.8) is 0 Å². The van der Waals surface area contributed by atoms with Crippen molar-refractivity contribution in [2.24, 2.45) is 17.0 Å². The molecule has 3 fully saturated rings. The lowest BCUT2D eigenvalue weighted by Gasteiger charge is -2.40. The molecule has 3 nitrogen and oxygen atoms in total. The molecule has 0 unspecified atom stereocenters. The Bertz CT molecular complexity index is 284. The Morgan fingerprint density at radius 3 is 2.50 bits per heavy atom. The molecule has 3 heteroatoms. The molecule has 0 aromatic carbocycles. The predicted octanol–water partition coefficient (Wildman–Crippen LogP) is 2.49. The quantitative estimate of drug-likeness (QED) is 0.546. The van der Waals surface area contributed by atoms with Gasteiger partial charge >= 0.3 is 0 Å². The number of likely N-dealkylation sites (tertiary alicyclic amines) is 1. The van der Waals surface area contributed by atoms with Crippen LogP contribution in [0.1, 0.15) is 44.9 Å². The molecule has 1 saturated heterocycles. The second kappa shape index (κ2) is 4.36. The zero-order valence-corrected chi connectivity index (χ0v) is 9.94. The maximum atomic E-state index is 9.16. The molecule has 1 aliphatic heterocycles. The van der Waals surface area contributed by atoms with E-state index >= 15 is 0 Å². The van der Waals surface area contributed by atoms with Crippen LogP contribution in [-0.2, 0) is 0 Å². The molecule has 2 aliphatic carbocycles. The highest BCUT2D eigenvalue weighted by Crippen LogP contribution is 2.42. The molecule has 90 valence electrons. The van der Waals surface area contributed by atoms with Gasteiger partial charge in [0.25, 0.3) is 0 Å². The molecule has 2 bridgehead atoms. The Hall–Kier alpha value is -0.570. The molecule has 16 heavy (non-hydrogen) atoms. The monoisotopic (exact) mass is 222 g/mol. The third-order valence-corrected chi connectivity index (χ3v) is 4.87. The first kappa shape index (κ1) is 10.6. The van der Waals surface area contributed by atoms with Crippen LogP contribution < -0.4 is 0 Å². The highest BCUT2D eigenvalue weighted by molar-refractivity contribution is 5.91. The summed E-state index contributed by atoms with van der Waals surface area (Å²) in [6, 6.07) is 0.685. The zero-order chi connectivity index (χ0) is 11.0. The lowest BCUT2D eigenvalue weighted by molar-refractivity contribution is 0.123. The second-order valence-electron chi connectivity index (χ2n) is 5.65. The van der Waals surface area contributed by atoms with Crippen LogP contribution in [0.2, 0.25) is 0 Å². The van der Waals surface area contributed by atoms with Gasteiger partial charge in [0.2, 0.25) is 0 Å². The van der Waals surface area contributed by atoms with Crippen LogP contribution in [0.3, 0.4) is 0 Å². The second-order valence-corrected chi connectivity index (χ2v) is 5.65.